The van der Waals surface area contributed by atoms with Crippen molar-refractivity contribution in [2.24, 2.45) is 5.92 Å². The second-order valence-electron chi connectivity index (χ2n) is 5.25. The van der Waals surface area contributed by atoms with Gasteiger partial charge in [0.15, 0.2) is 11.4 Å². The summed E-state index contributed by atoms with van der Waals surface area (Å²) in [6, 6.07) is 5.25. The second-order valence-corrected chi connectivity index (χ2v) is 5.25. The number of aryl methyl sites for hydroxylation is 1. The Morgan fingerprint density at radius 2 is 2.45 bits per heavy atom. The Hall–Kier alpha value is -1.88. The number of hydrogen-bond donors (Lipinski definition) is 1. The lowest BCUT2D eigenvalue weighted by molar-refractivity contribution is 0.416. The van der Waals surface area contributed by atoms with Crippen molar-refractivity contribution in [1.82, 2.24) is 14.7 Å². The van der Waals surface area contributed by atoms with Gasteiger partial charge in [0.25, 0.3) is 5.56 Å². The summed E-state index contributed by atoms with van der Waals surface area (Å²) < 4.78 is 6.81. The van der Waals surface area contributed by atoms with Gasteiger partial charge in [0.1, 0.15) is 0 Å². The van der Waals surface area contributed by atoms with Crippen molar-refractivity contribution in [3.63, 3.8) is 0 Å². The Bertz CT molecular complexity index is 660. The van der Waals surface area contributed by atoms with Gasteiger partial charge >= 0.3 is 0 Å². The molecule has 1 atom stereocenters. The molecule has 20 heavy (non-hydrogen) atoms. The minimum absolute atomic E-state index is 0.0477. The molecular weight excluding hydrogens is 254 g/mol. The van der Waals surface area contributed by atoms with Crippen molar-refractivity contribution in [3.8, 4) is 5.75 Å². The Labute approximate surface area is 117 Å². The van der Waals surface area contributed by atoms with Crippen LogP contribution in [-0.2, 0) is 6.42 Å². The maximum absolute atomic E-state index is 12.1. The summed E-state index contributed by atoms with van der Waals surface area (Å²) in [5.74, 6) is 1.34. The summed E-state index contributed by atoms with van der Waals surface area (Å²) in [4.78, 5) is 16.7. The zero-order valence-electron chi connectivity index (χ0n) is 11.6. The Morgan fingerprint density at radius 3 is 3.20 bits per heavy atom. The van der Waals surface area contributed by atoms with Crippen LogP contribution in [-0.4, -0.2) is 29.6 Å². The van der Waals surface area contributed by atoms with Gasteiger partial charge in [0.2, 0.25) is 0 Å². The molecule has 0 saturated carbocycles. The third kappa shape index (κ3) is 2.54. The summed E-state index contributed by atoms with van der Waals surface area (Å²) in [6.07, 6.45) is 4.86. The van der Waals surface area contributed by atoms with Gasteiger partial charge in [-0.05, 0) is 50.4 Å². The molecule has 3 heterocycles. The van der Waals surface area contributed by atoms with E-state index in [1.54, 1.807) is 25.4 Å². The molecule has 1 unspecified atom stereocenters. The van der Waals surface area contributed by atoms with Crippen molar-refractivity contribution < 1.29 is 4.74 Å². The highest BCUT2D eigenvalue weighted by molar-refractivity contribution is 5.53. The van der Waals surface area contributed by atoms with E-state index in [1.165, 1.54) is 10.8 Å². The van der Waals surface area contributed by atoms with Crippen LogP contribution in [0.5, 0.6) is 5.75 Å². The monoisotopic (exact) mass is 273 g/mol. The van der Waals surface area contributed by atoms with Crippen molar-refractivity contribution in [2.45, 2.75) is 19.3 Å². The molecule has 1 N–H and O–H groups in total. The topological polar surface area (TPSA) is 55.6 Å². The number of fused-ring (bicyclic) bond motifs is 1. The predicted octanol–water partition coefficient (Wildman–Crippen LogP) is 1.25. The van der Waals surface area contributed by atoms with Crippen LogP contribution in [0, 0.1) is 5.92 Å². The number of nitrogens with zero attached hydrogens (tertiary/aromatic N) is 2. The smallest absolute Gasteiger partial charge is 0.258 e. The van der Waals surface area contributed by atoms with Gasteiger partial charge in [-0.2, -0.15) is 0 Å². The second kappa shape index (κ2) is 5.63. The van der Waals surface area contributed by atoms with Crippen LogP contribution in [0.1, 0.15) is 18.5 Å². The normalized spacial score (nSPS) is 18.6. The van der Waals surface area contributed by atoms with Crippen molar-refractivity contribution in [3.05, 3.63) is 40.4 Å². The molecule has 106 valence electrons. The van der Waals surface area contributed by atoms with Gasteiger partial charge in [-0.3, -0.25) is 9.20 Å². The van der Waals surface area contributed by atoms with Gasteiger partial charge in [0, 0.05) is 18.0 Å². The van der Waals surface area contributed by atoms with E-state index in [-0.39, 0.29) is 5.56 Å². The quantitative estimate of drug-likeness (QED) is 0.911. The average molecular weight is 273 g/mol. The lowest BCUT2D eigenvalue weighted by Gasteiger charge is -2.09. The molecule has 1 fully saturated rings. The van der Waals surface area contributed by atoms with Crippen molar-refractivity contribution >= 4 is 5.65 Å². The molecule has 2 aromatic rings. The molecule has 0 bridgehead atoms. The molecule has 0 aromatic carbocycles. The SMILES string of the molecule is COc1cccn2c(=O)cc(CCC3CCNC3)nc12. The van der Waals surface area contributed by atoms with Gasteiger partial charge in [0.05, 0.1) is 7.11 Å². The molecule has 1 aliphatic rings. The molecular formula is C15H19N3O2. The third-order valence-electron chi connectivity index (χ3n) is 3.90. The number of aromatic nitrogens is 2. The van der Waals surface area contributed by atoms with Gasteiger partial charge in [-0.15, -0.1) is 0 Å². The summed E-state index contributed by atoms with van der Waals surface area (Å²) in [5.41, 5.74) is 1.40. The van der Waals surface area contributed by atoms with E-state index >= 15 is 0 Å². The van der Waals surface area contributed by atoms with Gasteiger partial charge in [-0.1, -0.05) is 0 Å². The fourth-order valence-electron chi connectivity index (χ4n) is 2.75. The van der Waals surface area contributed by atoms with Crippen LogP contribution in [0.2, 0.25) is 0 Å². The minimum atomic E-state index is -0.0477. The maximum atomic E-state index is 12.1. The average Bonchev–Trinajstić information content (AvgIpc) is 2.98. The molecule has 1 saturated heterocycles. The highest BCUT2D eigenvalue weighted by atomic mass is 16.5. The summed E-state index contributed by atoms with van der Waals surface area (Å²) >= 11 is 0. The lowest BCUT2D eigenvalue weighted by atomic mass is 10.0. The molecule has 2 aromatic heterocycles. The molecule has 0 spiro atoms. The molecule has 1 aliphatic heterocycles. The summed E-state index contributed by atoms with van der Waals surface area (Å²) in [5, 5.41) is 3.36. The molecule has 3 rings (SSSR count). The van der Waals surface area contributed by atoms with Crippen molar-refractivity contribution in [1.29, 1.82) is 0 Å². The van der Waals surface area contributed by atoms with Gasteiger partial charge < -0.3 is 10.1 Å². The standard InChI is InChI=1S/C15H19N3O2/c1-20-13-3-2-8-18-14(19)9-12(17-15(13)18)5-4-11-6-7-16-10-11/h2-3,8-9,11,16H,4-7,10H2,1H3. The van der Waals surface area contributed by atoms with Crippen LogP contribution >= 0.6 is 0 Å². The highest BCUT2D eigenvalue weighted by Gasteiger charge is 2.15. The largest absolute Gasteiger partial charge is 0.493 e. The third-order valence-corrected chi connectivity index (χ3v) is 3.90. The zero-order chi connectivity index (χ0) is 13.9. The number of ether oxygens (including phenoxy) is 1. The maximum Gasteiger partial charge on any atom is 0.258 e. The Kier molecular flexibility index (Phi) is 3.69. The lowest BCUT2D eigenvalue weighted by Crippen LogP contribution is -2.16. The fraction of sp³-hybridized carbons (Fsp3) is 0.467. The number of nitrogens with one attached hydrogen (secondary N) is 1. The number of pyridine rings is 1. The number of methoxy groups -OCH3 is 1. The van der Waals surface area contributed by atoms with Crippen LogP contribution in [0.4, 0.5) is 0 Å². The number of hydrogen-bond acceptors (Lipinski definition) is 4. The summed E-state index contributed by atoms with van der Waals surface area (Å²) in [7, 11) is 1.60. The van der Waals surface area contributed by atoms with E-state index in [0.29, 0.717) is 17.3 Å². The first kappa shape index (κ1) is 13.1. The predicted molar refractivity (Wildman–Crippen MR) is 77.3 cm³/mol. The minimum Gasteiger partial charge on any atom is -0.493 e. The molecule has 5 heteroatoms. The fourth-order valence-corrected chi connectivity index (χ4v) is 2.75. The van der Waals surface area contributed by atoms with Crippen LogP contribution in [0.15, 0.2) is 29.2 Å². The van der Waals surface area contributed by atoms with E-state index < -0.39 is 0 Å². The highest BCUT2D eigenvalue weighted by Crippen LogP contribution is 2.18. The van der Waals surface area contributed by atoms with Crippen molar-refractivity contribution in [2.75, 3.05) is 20.2 Å². The van der Waals surface area contributed by atoms with E-state index in [4.69, 9.17) is 4.74 Å². The van der Waals surface area contributed by atoms with E-state index in [2.05, 4.69) is 10.3 Å². The summed E-state index contributed by atoms with van der Waals surface area (Å²) in [6.45, 7) is 2.18. The van der Waals surface area contributed by atoms with Gasteiger partial charge in [-0.25, -0.2) is 4.98 Å². The van der Waals surface area contributed by atoms with Crippen LogP contribution < -0.4 is 15.6 Å². The Balaban J connectivity index is 1.89. The van der Waals surface area contributed by atoms with E-state index in [1.807, 2.05) is 6.07 Å². The van der Waals surface area contributed by atoms with E-state index in [0.717, 1.165) is 31.6 Å². The van der Waals surface area contributed by atoms with Crippen LogP contribution in [0.25, 0.3) is 5.65 Å². The van der Waals surface area contributed by atoms with E-state index in [9.17, 15) is 4.79 Å². The first-order valence-electron chi connectivity index (χ1n) is 7.04. The number of rotatable bonds is 4. The zero-order valence-corrected chi connectivity index (χ0v) is 11.6. The molecule has 5 nitrogen and oxygen atoms in total. The molecule has 0 radical (unpaired) electrons. The molecule has 0 aliphatic carbocycles. The van der Waals surface area contributed by atoms with Crippen LogP contribution in [0.3, 0.4) is 0 Å². The first-order valence-corrected chi connectivity index (χ1v) is 7.04. The first-order chi connectivity index (χ1) is 9.78. The Morgan fingerprint density at radius 1 is 1.55 bits per heavy atom. The molecule has 0 amide bonds.